The molecule has 132 valence electrons. The lowest BCUT2D eigenvalue weighted by molar-refractivity contribution is 0.365. The Balaban J connectivity index is 1.87. The molecule has 0 aliphatic carbocycles. The molecule has 3 heteroatoms. The Labute approximate surface area is 159 Å². The summed E-state index contributed by atoms with van der Waals surface area (Å²) in [5, 5.41) is 5.03. The number of aryl methyl sites for hydroxylation is 2. The summed E-state index contributed by atoms with van der Waals surface area (Å²) in [6.07, 6.45) is 0. The third-order valence-electron chi connectivity index (χ3n) is 5.54. The van der Waals surface area contributed by atoms with Gasteiger partial charge in [0, 0.05) is 0 Å². The van der Waals surface area contributed by atoms with Gasteiger partial charge in [-0.3, -0.25) is 0 Å². The van der Waals surface area contributed by atoms with Crippen LogP contribution in [0.3, 0.4) is 0 Å². The highest BCUT2D eigenvalue weighted by molar-refractivity contribution is 6.65. The van der Waals surface area contributed by atoms with Crippen molar-refractivity contribution < 1.29 is 9.31 Å². The van der Waals surface area contributed by atoms with Crippen LogP contribution in [0, 0.1) is 13.8 Å². The zero-order valence-corrected chi connectivity index (χ0v) is 15.7. The number of hydrogen-bond donors (Lipinski definition) is 0. The Bertz CT molecular complexity index is 1160. The molecule has 2 nitrogen and oxygen atoms in total. The van der Waals surface area contributed by atoms with Gasteiger partial charge in [0.2, 0.25) is 0 Å². The highest BCUT2D eigenvalue weighted by Crippen LogP contribution is 2.38. The quantitative estimate of drug-likeness (QED) is 0.472. The van der Waals surface area contributed by atoms with Gasteiger partial charge in [-0.2, -0.15) is 0 Å². The molecule has 0 saturated carbocycles. The van der Waals surface area contributed by atoms with Crippen molar-refractivity contribution in [2.24, 2.45) is 0 Å². The van der Waals surface area contributed by atoms with E-state index < -0.39 is 0 Å². The molecule has 0 atom stereocenters. The summed E-state index contributed by atoms with van der Waals surface area (Å²) in [6, 6.07) is 23.9. The van der Waals surface area contributed by atoms with Gasteiger partial charge in [0.15, 0.2) is 0 Å². The monoisotopic (exact) mass is 352 g/mol. The predicted octanol–water partition coefficient (Wildman–Crippen LogP) is 5.02. The van der Waals surface area contributed by atoms with Gasteiger partial charge in [-0.1, -0.05) is 66.7 Å². The Hall–Kier alpha value is -2.62. The first-order valence-corrected chi connectivity index (χ1v) is 9.48. The summed E-state index contributed by atoms with van der Waals surface area (Å²) >= 11 is 0. The summed E-state index contributed by atoms with van der Waals surface area (Å²) < 4.78 is 11.6. The van der Waals surface area contributed by atoms with E-state index in [9.17, 15) is 0 Å². The molecule has 0 unspecified atom stereocenters. The van der Waals surface area contributed by atoms with Crippen LogP contribution < -0.4 is 5.46 Å². The van der Waals surface area contributed by atoms with E-state index in [4.69, 9.17) is 9.31 Å². The molecule has 0 aromatic heterocycles. The fourth-order valence-electron chi connectivity index (χ4n) is 4.33. The molecule has 5 rings (SSSR count). The van der Waals surface area contributed by atoms with Crippen LogP contribution in [0.2, 0.25) is 0 Å². The molecule has 0 amide bonds. The van der Waals surface area contributed by atoms with Crippen molar-refractivity contribution in [2.75, 3.05) is 13.2 Å². The van der Waals surface area contributed by atoms with Crippen molar-refractivity contribution in [3.63, 3.8) is 0 Å². The topological polar surface area (TPSA) is 18.5 Å². The van der Waals surface area contributed by atoms with E-state index in [1.54, 1.807) is 0 Å². The molecule has 1 aliphatic heterocycles. The SMILES string of the molecule is Cc1ccc2ccccc2c1-c1c(C)cc(B2OCCO2)c2ccccc12. The van der Waals surface area contributed by atoms with Crippen LogP contribution in [0.15, 0.2) is 66.7 Å². The number of benzene rings is 4. The third kappa shape index (κ3) is 2.66. The van der Waals surface area contributed by atoms with E-state index >= 15 is 0 Å². The minimum Gasteiger partial charge on any atom is -0.405 e. The summed E-state index contributed by atoms with van der Waals surface area (Å²) in [6.45, 7) is 5.71. The maximum Gasteiger partial charge on any atom is 0.494 e. The van der Waals surface area contributed by atoms with Crippen LogP contribution in [-0.2, 0) is 9.31 Å². The lowest BCUT2D eigenvalue weighted by Gasteiger charge is -2.19. The van der Waals surface area contributed by atoms with Crippen molar-refractivity contribution in [2.45, 2.75) is 13.8 Å². The maximum atomic E-state index is 5.82. The second-order valence-corrected chi connectivity index (χ2v) is 7.26. The molecule has 0 spiro atoms. The molecule has 1 heterocycles. The van der Waals surface area contributed by atoms with Crippen LogP contribution >= 0.6 is 0 Å². The molecule has 4 aromatic carbocycles. The summed E-state index contributed by atoms with van der Waals surface area (Å²) in [5.41, 5.74) is 6.30. The first-order valence-electron chi connectivity index (χ1n) is 9.48. The lowest BCUT2D eigenvalue weighted by Crippen LogP contribution is -2.32. The fourth-order valence-corrected chi connectivity index (χ4v) is 4.33. The molecule has 1 aliphatic rings. The van der Waals surface area contributed by atoms with Crippen molar-refractivity contribution in [3.8, 4) is 11.1 Å². The van der Waals surface area contributed by atoms with Crippen molar-refractivity contribution in [1.82, 2.24) is 0 Å². The molecular weight excluding hydrogens is 331 g/mol. The Morgan fingerprint density at radius 2 is 1.30 bits per heavy atom. The van der Waals surface area contributed by atoms with Gasteiger partial charge in [0.05, 0.1) is 13.2 Å². The molecule has 0 N–H and O–H groups in total. The van der Waals surface area contributed by atoms with E-state index in [-0.39, 0.29) is 7.12 Å². The Morgan fingerprint density at radius 1 is 0.667 bits per heavy atom. The van der Waals surface area contributed by atoms with E-state index in [1.807, 2.05) is 0 Å². The second kappa shape index (κ2) is 6.52. The minimum atomic E-state index is -0.267. The molecule has 27 heavy (non-hydrogen) atoms. The molecule has 4 aromatic rings. The van der Waals surface area contributed by atoms with Crippen LogP contribution in [0.1, 0.15) is 11.1 Å². The van der Waals surface area contributed by atoms with E-state index in [0.717, 1.165) is 5.46 Å². The summed E-state index contributed by atoms with van der Waals surface area (Å²) in [4.78, 5) is 0. The average molecular weight is 352 g/mol. The first kappa shape index (κ1) is 16.6. The van der Waals surface area contributed by atoms with Gasteiger partial charge < -0.3 is 9.31 Å². The highest BCUT2D eigenvalue weighted by atomic mass is 16.6. The molecule has 1 fully saturated rings. The van der Waals surface area contributed by atoms with Crippen LogP contribution in [0.25, 0.3) is 32.7 Å². The molecule has 1 saturated heterocycles. The fraction of sp³-hybridized carbons (Fsp3) is 0.167. The number of rotatable bonds is 2. The van der Waals surface area contributed by atoms with Crippen molar-refractivity contribution in [1.29, 1.82) is 0 Å². The lowest BCUT2D eigenvalue weighted by atomic mass is 9.73. The van der Waals surface area contributed by atoms with Crippen LogP contribution in [-0.4, -0.2) is 20.3 Å². The van der Waals surface area contributed by atoms with Crippen molar-refractivity contribution in [3.05, 3.63) is 77.9 Å². The standard InChI is InChI=1S/C24H21BO2/c1-16-11-12-18-7-3-4-8-19(18)23(16)24-17(2)15-22(25-26-13-14-27-25)20-9-5-6-10-21(20)24/h3-12,15H,13-14H2,1-2H3. The zero-order valence-electron chi connectivity index (χ0n) is 15.7. The predicted molar refractivity (Wildman–Crippen MR) is 114 cm³/mol. The average Bonchev–Trinajstić information content (AvgIpc) is 3.23. The summed E-state index contributed by atoms with van der Waals surface area (Å²) in [5.74, 6) is 0. The zero-order chi connectivity index (χ0) is 18.4. The van der Waals surface area contributed by atoms with Gasteiger partial charge in [-0.25, -0.2) is 0 Å². The van der Waals surface area contributed by atoms with Crippen molar-refractivity contribution >= 4 is 34.1 Å². The molecular formula is C24H21BO2. The van der Waals surface area contributed by atoms with Gasteiger partial charge in [-0.15, -0.1) is 0 Å². The number of hydrogen-bond acceptors (Lipinski definition) is 2. The molecule has 0 bridgehead atoms. The van der Waals surface area contributed by atoms with Gasteiger partial charge in [0.1, 0.15) is 0 Å². The van der Waals surface area contributed by atoms with Gasteiger partial charge >= 0.3 is 7.12 Å². The second-order valence-electron chi connectivity index (χ2n) is 7.26. The smallest absolute Gasteiger partial charge is 0.405 e. The largest absolute Gasteiger partial charge is 0.494 e. The number of fused-ring (bicyclic) bond motifs is 2. The van der Waals surface area contributed by atoms with Gasteiger partial charge in [0.25, 0.3) is 0 Å². The van der Waals surface area contributed by atoms with E-state index in [0.29, 0.717) is 13.2 Å². The Kier molecular flexibility index (Phi) is 4.00. The maximum absolute atomic E-state index is 5.82. The highest BCUT2D eigenvalue weighted by Gasteiger charge is 2.29. The Morgan fingerprint density at radius 3 is 2.07 bits per heavy atom. The van der Waals surface area contributed by atoms with Crippen LogP contribution in [0.5, 0.6) is 0 Å². The third-order valence-corrected chi connectivity index (χ3v) is 5.54. The van der Waals surface area contributed by atoms with E-state index in [1.165, 1.54) is 43.8 Å². The normalized spacial score (nSPS) is 14.4. The summed E-state index contributed by atoms with van der Waals surface area (Å²) in [7, 11) is -0.267. The van der Waals surface area contributed by atoms with E-state index in [2.05, 4.69) is 80.6 Å². The molecule has 0 radical (unpaired) electrons. The van der Waals surface area contributed by atoms with Crippen LogP contribution in [0.4, 0.5) is 0 Å². The first-order chi connectivity index (χ1) is 13.2. The minimum absolute atomic E-state index is 0.267. The van der Waals surface area contributed by atoms with Gasteiger partial charge in [-0.05, 0) is 63.1 Å².